The van der Waals surface area contributed by atoms with Crippen molar-refractivity contribution < 1.29 is 0 Å². The van der Waals surface area contributed by atoms with Crippen molar-refractivity contribution in [2.24, 2.45) is 0 Å². The van der Waals surface area contributed by atoms with Crippen LogP contribution in [0.5, 0.6) is 0 Å². The molecule has 0 radical (unpaired) electrons. The lowest BCUT2D eigenvalue weighted by Crippen LogP contribution is -2.00. The van der Waals surface area contributed by atoms with Gasteiger partial charge in [0, 0.05) is 32.2 Å². The van der Waals surface area contributed by atoms with Gasteiger partial charge in [0.25, 0.3) is 0 Å². The summed E-state index contributed by atoms with van der Waals surface area (Å²) in [4.78, 5) is 14.8. The van der Waals surface area contributed by atoms with E-state index >= 15 is 0 Å². The summed E-state index contributed by atoms with van der Waals surface area (Å²) in [6.45, 7) is 0. The van der Waals surface area contributed by atoms with E-state index in [9.17, 15) is 0 Å². The molecule has 5 heteroatoms. The zero-order chi connectivity index (χ0) is 28.0. The molecular formula is C37H22ClN3S. The van der Waals surface area contributed by atoms with E-state index in [4.69, 9.17) is 26.6 Å². The summed E-state index contributed by atoms with van der Waals surface area (Å²) in [7, 11) is 0. The monoisotopic (exact) mass is 575 g/mol. The van der Waals surface area contributed by atoms with Crippen LogP contribution in [0.4, 0.5) is 0 Å². The number of benzene rings is 6. The van der Waals surface area contributed by atoms with Crippen molar-refractivity contribution in [2.75, 3.05) is 0 Å². The van der Waals surface area contributed by atoms with E-state index < -0.39 is 0 Å². The van der Waals surface area contributed by atoms with E-state index in [1.165, 1.54) is 26.4 Å². The van der Waals surface area contributed by atoms with Crippen molar-refractivity contribution in [1.82, 2.24) is 15.0 Å². The van der Waals surface area contributed by atoms with Crippen LogP contribution in [0.2, 0.25) is 5.02 Å². The average Bonchev–Trinajstić information content (AvgIpc) is 3.46. The second-order valence-corrected chi connectivity index (χ2v) is 11.6. The second kappa shape index (κ2) is 10.2. The third kappa shape index (κ3) is 4.24. The van der Waals surface area contributed by atoms with Crippen LogP contribution in [0.15, 0.2) is 133 Å². The maximum atomic E-state index is 7.19. The molecule has 0 fully saturated rings. The lowest BCUT2D eigenvalue weighted by molar-refractivity contribution is 1.07. The van der Waals surface area contributed by atoms with Crippen molar-refractivity contribution in [3.05, 3.63) is 138 Å². The first-order valence-electron chi connectivity index (χ1n) is 13.7. The summed E-state index contributed by atoms with van der Waals surface area (Å²) in [5, 5.41) is 5.47. The first-order chi connectivity index (χ1) is 20.7. The fourth-order valence-electron chi connectivity index (χ4n) is 5.49. The van der Waals surface area contributed by atoms with Crippen LogP contribution in [-0.4, -0.2) is 15.0 Å². The molecule has 8 rings (SSSR count). The zero-order valence-electron chi connectivity index (χ0n) is 22.3. The van der Waals surface area contributed by atoms with E-state index in [1.807, 2.05) is 54.6 Å². The minimum Gasteiger partial charge on any atom is -0.208 e. The Hall–Kier alpha value is -4.90. The predicted molar refractivity (Wildman–Crippen MR) is 177 cm³/mol. The number of nitrogens with zero attached hydrogens (tertiary/aromatic N) is 3. The Labute approximate surface area is 251 Å². The van der Waals surface area contributed by atoms with Crippen molar-refractivity contribution >= 4 is 53.9 Å². The molecule has 0 unspecified atom stereocenters. The minimum absolute atomic E-state index is 0.556. The van der Waals surface area contributed by atoms with Crippen LogP contribution in [0.3, 0.4) is 0 Å². The SMILES string of the molecule is Clc1c(-c2nc(-c3ccccc3)nc(-c3ccc(-c4ccccc4)cc3)n2)ccc2c1sc1c3ccccc3ccc21. The smallest absolute Gasteiger partial charge is 0.165 e. The second-order valence-electron chi connectivity index (χ2n) is 10.2. The summed E-state index contributed by atoms with van der Waals surface area (Å²) >= 11 is 8.92. The first-order valence-corrected chi connectivity index (χ1v) is 14.9. The van der Waals surface area contributed by atoms with Gasteiger partial charge in [-0.15, -0.1) is 11.3 Å². The molecule has 42 heavy (non-hydrogen) atoms. The summed E-state index contributed by atoms with van der Waals surface area (Å²) in [6, 6.07) is 45.8. The summed E-state index contributed by atoms with van der Waals surface area (Å²) < 4.78 is 2.28. The van der Waals surface area contributed by atoms with Crippen LogP contribution < -0.4 is 0 Å². The Morgan fingerprint density at radius 3 is 1.67 bits per heavy atom. The van der Waals surface area contributed by atoms with Gasteiger partial charge in [-0.05, 0) is 28.0 Å². The van der Waals surface area contributed by atoms with Gasteiger partial charge >= 0.3 is 0 Å². The summed E-state index contributed by atoms with van der Waals surface area (Å²) in [6.07, 6.45) is 0. The van der Waals surface area contributed by atoms with Gasteiger partial charge in [0.2, 0.25) is 0 Å². The fraction of sp³-hybridized carbons (Fsp3) is 0. The van der Waals surface area contributed by atoms with Crippen LogP contribution >= 0.6 is 22.9 Å². The van der Waals surface area contributed by atoms with Crippen molar-refractivity contribution in [3.8, 4) is 45.3 Å². The molecule has 0 aliphatic heterocycles. The summed E-state index contributed by atoms with van der Waals surface area (Å²) in [5.41, 5.74) is 4.95. The highest BCUT2D eigenvalue weighted by molar-refractivity contribution is 7.27. The molecule has 8 aromatic rings. The molecule has 0 N–H and O–H groups in total. The van der Waals surface area contributed by atoms with Gasteiger partial charge in [-0.3, -0.25) is 0 Å². The van der Waals surface area contributed by atoms with Gasteiger partial charge in [0.15, 0.2) is 17.5 Å². The Morgan fingerprint density at radius 1 is 0.405 bits per heavy atom. The molecule has 0 aliphatic rings. The first kappa shape index (κ1) is 24.9. The molecule has 6 aromatic carbocycles. The number of hydrogen-bond donors (Lipinski definition) is 0. The Kier molecular flexibility index (Phi) is 6.03. The topological polar surface area (TPSA) is 38.7 Å². The van der Waals surface area contributed by atoms with E-state index in [2.05, 4.69) is 78.9 Å². The third-order valence-corrected chi connectivity index (χ3v) is 9.41. The third-order valence-electron chi connectivity index (χ3n) is 7.63. The minimum atomic E-state index is 0.556. The fourth-order valence-corrected chi connectivity index (χ4v) is 7.13. The molecule has 0 spiro atoms. The molecule has 0 saturated heterocycles. The van der Waals surface area contributed by atoms with Gasteiger partial charge < -0.3 is 0 Å². The van der Waals surface area contributed by atoms with Crippen molar-refractivity contribution in [3.63, 3.8) is 0 Å². The molecule has 2 aromatic heterocycles. The highest BCUT2D eigenvalue weighted by Gasteiger charge is 2.18. The highest BCUT2D eigenvalue weighted by atomic mass is 35.5. The molecule has 198 valence electrons. The molecule has 3 nitrogen and oxygen atoms in total. The van der Waals surface area contributed by atoms with Crippen LogP contribution in [-0.2, 0) is 0 Å². The molecular weight excluding hydrogens is 554 g/mol. The molecule has 0 bridgehead atoms. The number of aromatic nitrogens is 3. The number of rotatable bonds is 4. The number of hydrogen-bond acceptors (Lipinski definition) is 4. The van der Waals surface area contributed by atoms with Crippen LogP contribution in [0, 0.1) is 0 Å². The molecule has 0 aliphatic carbocycles. The quantitative estimate of drug-likeness (QED) is 0.209. The lowest BCUT2D eigenvalue weighted by atomic mass is 10.0. The van der Waals surface area contributed by atoms with E-state index in [0.29, 0.717) is 22.5 Å². The van der Waals surface area contributed by atoms with E-state index in [0.717, 1.165) is 32.3 Å². The highest BCUT2D eigenvalue weighted by Crippen LogP contribution is 2.44. The number of fused-ring (bicyclic) bond motifs is 5. The van der Waals surface area contributed by atoms with Crippen LogP contribution in [0.25, 0.3) is 76.2 Å². The van der Waals surface area contributed by atoms with Gasteiger partial charge in [0.05, 0.1) is 9.72 Å². The van der Waals surface area contributed by atoms with Crippen LogP contribution in [0.1, 0.15) is 0 Å². The Morgan fingerprint density at radius 2 is 0.929 bits per heavy atom. The summed E-state index contributed by atoms with van der Waals surface area (Å²) in [5.74, 6) is 1.78. The lowest BCUT2D eigenvalue weighted by Gasteiger charge is -2.10. The largest absolute Gasteiger partial charge is 0.208 e. The molecule has 0 amide bonds. The Bertz CT molecular complexity index is 2240. The number of halogens is 1. The molecule has 0 atom stereocenters. The molecule has 0 saturated carbocycles. The van der Waals surface area contributed by atoms with Gasteiger partial charge in [0.1, 0.15) is 0 Å². The van der Waals surface area contributed by atoms with Gasteiger partial charge in [-0.2, -0.15) is 0 Å². The number of thiophene rings is 1. The predicted octanol–water partition coefficient (Wildman–Crippen LogP) is 10.7. The van der Waals surface area contributed by atoms with Crippen molar-refractivity contribution in [2.45, 2.75) is 0 Å². The average molecular weight is 576 g/mol. The van der Waals surface area contributed by atoms with E-state index in [1.54, 1.807) is 11.3 Å². The molecule has 2 heterocycles. The maximum absolute atomic E-state index is 7.19. The van der Waals surface area contributed by atoms with E-state index in [-0.39, 0.29) is 0 Å². The zero-order valence-corrected chi connectivity index (χ0v) is 23.9. The Balaban J connectivity index is 1.30. The normalized spacial score (nSPS) is 11.5. The maximum Gasteiger partial charge on any atom is 0.165 e. The van der Waals surface area contributed by atoms with Crippen molar-refractivity contribution in [1.29, 1.82) is 0 Å². The standard InChI is InChI=1S/C37H22ClN3S/c38-32-31(22-21-30-29-20-19-25-11-7-8-14-28(25)33(29)42-34(30)32)37-40-35(26-12-5-2-6-13-26)39-36(41-37)27-17-15-24(16-18-27)23-9-3-1-4-10-23/h1-22H. The van der Waals surface area contributed by atoms with Gasteiger partial charge in [-0.1, -0.05) is 139 Å². The van der Waals surface area contributed by atoms with Gasteiger partial charge in [-0.25, -0.2) is 15.0 Å².